The molecule has 2 aromatic rings. The topological polar surface area (TPSA) is 60.4 Å². The van der Waals surface area contributed by atoms with Crippen molar-refractivity contribution < 1.29 is 9.15 Å². The van der Waals surface area contributed by atoms with E-state index in [1.54, 1.807) is 13.4 Å². The summed E-state index contributed by atoms with van der Waals surface area (Å²) in [5.41, 5.74) is 4.03. The van der Waals surface area contributed by atoms with Gasteiger partial charge in [-0.1, -0.05) is 12.1 Å². The Bertz CT molecular complexity index is 510. The van der Waals surface area contributed by atoms with Gasteiger partial charge in [0.05, 0.1) is 23.9 Å². The zero-order valence-corrected chi connectivity index (χ0v) is 12.3. The first kappa shape index (κ1) is 14.1. The largest absolute Gasteiger partial charge is 0.497 e. The fraction of sp³-hybridized carbons (Fsp3) is 0.286. The molecule has 2 rings (SSSR count). The molecule has 0 spiro atoms. The Hall–Kier alpha value is -1.30. The molecule has 0 bridgehead atoms. The number of aryl methyl sites for hydroxylation is 1. The summed E-state index contributed by atoms with van der Waals surface area (Å²) in [6.07, 6.45) is 3.41. The lowest BCUT2D eigenvalue weighted by Crippen LogP contribution is -2.28. The van der Waals surface area contributed by atoms with Gasteiger partial charge in [-0.05, 0) is 52.5 Å². The van der Waals surface area contributed by atoms with Crippen LogP contribution in [0.3, 0.4) is 0 Å². The Balaban J connectivity index is 1.98. The fourth-order valence-corrected chi connectivity index (χ4v) is 2.43. The third-order valence-electron chi connectivity index (χ3n) is 3.04. The van der Waals surface area contributed by atoms with Crippen LogP contribution in [0, 0.1) is 0 Å². The Labute approximate surface area is 121 Å². The molecule has 0 aliphatic heterocycles. The van der Waals surface area contributed by atoms with Crippen LogP contribution in [0.2, 0.25) is 0 Å². The number of hydrogen-bond acceptors (Lipinski definition) is 4. The number of furan rings is 1. The van der Waals surface area contributed by atoms with E-state index in [-0.39, 0.29) is 6.04 Å². The van der Waals surface area contributed by atoms with Gasteiger partial charge < -0.3 is 9.15 Å². The lowest BCUT2D eigenvalue weighted by Gasteiger charge is -2.14. The summed E-state index contributed by atoms with van der Waals surface area (Å²) in [4.78, 5) is 0. The molecule has 0 aliphatic rings. The van der Waals surface area contributed by atoms with Crippen LogP contribution in [-0.4, -0.2) is 7.11 Å². The van der Waals surface area contributed by atoms with Crippen molar-refractivity contribution in [2.24, 2.45) is 5.84 Å². The fourth-order valence-electron chi connectivity index (χ4n) is 1.95. The predicted molar refractivity (Wildman–Crippen MR) is 77.8 cm³/mol. The number of halogens is 1. The first-order chi connectivity index (χ1) is 9.24. The minimum atomic E-state index is -0.00789. The first-order valence-electron chi connectivity index (χ1n) is 6.06. The van der Waals surface area contributed by atoms with Crippen LogP contribution in [0.15, 0.2) is 45.5 Å². The summed E-state index contributed by atoms with van der Waals surface area (Å²) >= 11 is 3.45. The van der Waals surface area contributed by atoms with Crippen molar-refractivity contribution in [3.05, 3.63) is 52.4 Å². The summed E-state index contributed by atoms with van der Waals surface area (Å²) in [5, 5.41) is 0. The van der Waals surface area contributed by atoms with Crippen LogP contribution in [0.25, 0.3) is 0 Å². The van der Waals surface area contributed by atoms with Crippen molar-refractivity contribution in [2.45, 2.75) is 18.9 Å². The van der Waals surface area contributed by atoms with Crippen molar-refractivity contribution >= 4 is 15.9 Å². The van der Waals surface area contributed by atoms with E-state index in [4.69, 9.17) is 15.0 Å². The molecule has 0 aliphatic carbocycles. The highest BCUT2D eigenvalue weighted by atomic mass is 79.9. The molecule has 0 amide bonds. The molecule has 0 saturated carbocycles. The molecule has 0 fully saturated rings. The SMILES string of the molecule is COc1ccc(CCC(NN)c2occc2Br)cc1. The smallest absolute Gasteiger partial charge is 0.136 e. The second kappa shape index (κ2) is 6.75. The second-order valence-electron chi connectivity index (χ2n) is 4.24. The third kappa shape index (κ3) is 3.59. The highest BCUT2D eigenvalue weighted by Crippen LogP contribution is 2.27. The van der Waals surface area contributed by atoms with Crippen LogP contribution in [0.5, 0.6) is 5.75 Å². The Morgan fingerprint density at radius 1 is 1.32 bits per heavy atom. The van der Waals surface area contributed by atoms with Gasteiger partial charge in [-0.2, -0.15) is 0 Å². The molecule has 0 saturated heterocycles. The van der Waals surface area contributed by atoms with E-state index in [1.165, 1.54) is 5.56 Å². The molecule has 1 atom stereocenters. The first-order valence-corrected chi connectivity index (χ1v) is 6.86. The number of nitrogens with one attached hydrogen (secondary N) is 1. The van der Waals surface area contributed by atoms with Gasteiger partial charge in [0.1, 0.15) is 11.5 Å². The molecule has 102 valence electrons. The van der Waals surface area contributed by atoms with E-state index >= 15 is 0 Å². The normalized spacial score (nSPS) is 12.4. The third-order valence-corrected chi connectivity index (χ3v) is 3.70. The molecule has 0 radical (unpaired) electrons. The van der Waals surface area contributed by atoms with Crippen LogP contribution >= 0.6 is 15.9 Å². The maximum atomic E-state index is 5.59. The number of ether oxygens (including phenoxy) is 1. The summed E-state index contributed by atoms with van der Waals surface area (Å²) in [6.45, 7) is 0. The molecule has 4 nitrogen and oxygen atoms in total. The number of hydrazine groups is 1. The van der Waals surface area contributed by atoms with Crippen LogP contribution in [0.1, 0.15) is 23.8 Å². The zero-order valence-electron chi connectivity index (χ0n) is 10.7. The predicted octanol–water partition coefficient (Wildman–Crippen LogP) is 3.19. The van der Waals surface area contributed by atoms with E-state index < -0.39 is 0 Å². The van der Waals surface area contributed by atoms with Crippen LogP contribution < -0.4 is 16.0 Å². The molecule has 3 N–H and O–H groups in total. The lowest BCUT2D eigenvalue weighted by molar-refractivity contribution is 0.398. The number of nitrogens with two attached hydrogens (primary N) is 1. The molecule has 1 aromatic carbocycles. The highest BCUT2D eigenvalue weighted by molar-refractivity contribution is 9.10. The minimum absolute atomic E-state index is 0.00789. The Morgan fingerprint density at radius 2 is 2.05 bits per heavy atom. The van der Waals surface area contributed by atoms with Crippen molar-refractivity contribution in [1.29, 1.82) is 0 Å². The van der Waals surface area contributed by atoms with Crippen molar-refractivity contribution in [3.8, 4) is 5.75 Å². The Kier molecular flexibility index (Phi) is 5.01. The van der Waals surface area contributed by atoms with Crippen LogP contribution in [0.4, 0.5) is 0 Å². The molecule has 1 unspecified atom stereocenters. The van der Waals surface area contributed by atoms with Gasteiger partial charge in [-0.15, -0.1) is 0 Å². The van der Waals surface area contributed by atoms with Gasteiger partial charge in [0.15, 0.2) is 0 Å². The molecule has 1 aromatic heterocycles. The standard InChI is InChI=1S/C14H17BrN2O2/c1-18-11-5-2-10(3-6-11)4-7-13(17-16)14-12(15)8-9-19-14/h2-3,5-6,8-9,13,17H,4,7,16H2,1H3. The number of rotatable bonds is 6. The van der Waals surface area contributed by atoms with Gasteiger partial charge in [-0.25, -0.2) is 5.43 Å². The van der Waals surface area contributed by atoms with Gasteiger partial charge in [-0.3, -0.25) is 5.84 Å². The zero-order chi connectivity index (χ0) is 13.7. The summed E-state index contributed by atoms with van der Waals surface area (Å²) in [7, 11) is 1.66. The van der Waals surface area contributed by atoms with Crippen LogP contribution in [-0.2, 0) is 6.42 Å². The summed E-state index contributed by atoms with van der Waals surface area (Å²) in [6, 6.07) is 9.90. The lowest BCUT2D eigenvalue weighted by atomic mass is 10.0. The van der Waals surface area contributed by atoms with Crippen molar-refractivity contribution in [1.82, 2.24) is 5.43 Å². The Morgan fingerprint density at radius 3 is 2.58 bits per heavy atom. The second-order valence-corrected chi connectivity index (χ2v) is 5.09. The summed E-state index contributed by atoms with van der Waals surface area (Å²) < 4.78 is 11.5. The average Bonchev–Trinajstić information content (AvgIpc) is 2.87. The molecular formula is C14H17BrN2O2. The monoisotopic (exact) mass is 324 g/mol. The van der Waals surface area contributed by atoms with E-state index in [2.05, 4.69) is 33.5 Å². The minimum Gasteiger partial charge on any atom is -0.497 e. The quantitative estimate of drug-likeness (QED) is 0.632. The van der Waals surface area contributed by atoms with E-state index in [0.29, 0.717) is 0 Å². The maximum Gasteiger partial charge on any atom is 0.136 e. The molecule has 19 heavy (non-hydrogen) atoms. The van der Waals surface area contributed by atoms with Gasteiger partial charge in [0, 0.05) is 0 Å². The van der Waals surface area contributed by atoms with Gasteiger partial charge in [0.2, 0.25) is 0 Å². The summed E-state index contributed by atoms with van der Waals surface area (Å²) in [5.74, 6) is 7.29. The molecular weight excluding hydrogens is 308 g/mol. The van der Waals surface area contributed by atoms with E-state index in [1.807, 2.05) is 18.2 Å². The van der Waals surface area contributed by atoms with E-state index in [0.717, 1.165) is 28.8 Å². The number of methoxy groups -OCH3 is 1. The van der Waals surface area contributed by atoms with Gasteiger partial charge in [0.25, 0.3) is 0 Å². The van der Waals surface area contributed by atoms with E-state index in [9.17, 15) is 0 Å². The number of hydrogen-bond donors (Lipinski definition) is 2. The van der Waals surface area contributed by atoms with Crippen molar-refractivity contribution in [3.63, 3.8) is 0 Å². The van der Waals surface area contributed by atoms with Gasteiger partial charge >= 0.3 is 0 Å². The molecule has 1 heterocycles. The maximum absolute atomic E-state index is 5.59. The number of benzene rings is 1. The van der Waals surface area contributed by atoms with Crippen molar-refractivity contribution in [2.75, 3.05) is 7.11 Å². The average molecular weight is 325 g/mol. The highest BCUT2D eigenvalue weighted by Gasteiger charge is 2.16. The molecule has 5 heteroatoms.